The predicted molar refractivity (Wildman–Crippen MR) is 151 cm³/mol. The predicted octanol–water partition coefficient (Wildman–Crippen LogP) is 5.36. The lowest BCUT2D eigenvalue weighted by Gasteiger charge is -2.24. The van der Waals surface area contributed by atoms with Crippen LogP contribution in [0.3, 0.4) is 0 Å². The summed E-state index contributed by atoms with van der Waals surface area (Å²) < 4.78 is 7.08. The van der Waals surface area contributed by atoms with Gasteiger partial charge in [-0.05, 0) is 48.9 Å². The van der Waals surface area contributed by atoms with E-state index in [1.807, 2.05) is 61.5 Å². The fourth-order valence-electron chi connectivity index (χ4n) is 4.37. The summed E-state index contributed by atoms with van der Waals surface area (Å²) in [7, 11) is 1.58. The number of carbonyl (C=O) groups is 1. The zero-order valence-corrected chi connectivity index (χ0v) is 22.5. The molecule has 0 atom stereocenters. The Morgan fingerprint density at radius 3 is 2.31 bits per heavy atom. The van der Waals surface area contributed by atoms with Gasteiger partial charge in [0.25, 0.3) is 5.91 Å². The van der Waals surface area contributed by atoms with Crippen molar-refractivity contribution in [3.05, 3.63) is 107 Å². The zero-order chi connectivity index (χ0) is 27.2. The van der Waals surface area contributed by atoms with E-state index in [4.69, 9.17) is 16.3 Å². The summed E-state index contributed by atoms with van der Waals surface area (Å²) in [5.74, 6) is 0.409. The van der Waals surface area contributed by atoms with Crippen LogP contribution in [-0.4, -0.2) is 42.6 Å². The lowest BCUT2D eigenvalue weighted by Crippen LogP contribution is -2.31. The van der Waals surface area contributed by atoms with E-state index in [2.05, 4.69) is 25.4 Å². The Morgan fingerprint density at radius 2 is 1.72 bits per heavy atom. The molecule has 4 heterocycles. The number of fused-ring (bicyclic) bond motifs is 1. The van der Waals surface area contributed by atoms with E-state index < -0.39 is 0 Å². The second kappa shape index (κ2) is 11.9. The molecule has 0 aliphatic heterocycles. The van der Waals surface area contributed by atoms with Gasteiger partial charge in [0.15, 0.2) is 5.65 Å². The van der Waals surface area contributed by atoms with E-state index in [-0.39, 0.29) is 5.91 Å². The van der Waals surface area contributed by atoms with Crippen molar-refractivity contribution in [1.82, 2.24) is 29.6 Å². The first-order valence-electron chi connectivity index (χ1n) is 12.6. The molecule has 0 aliphatic carbocycles. The third-order valence-corrected chi connectivity index (χ3v) is 6.62. The highest BCUT2D eigenvalue weighted by Gasteiger charge is 2.24. The third-order valence-electron chi connectivity index (χ3n) is 6.33. The Kier molecular flexibility index (Phi) is 7.98. The number of hydrogen-bond acceptors (Lipinski definition) is 7. The van der Waals surface area contributed by atoms with Crippen LogP contribution in [0.15, 0.2) is 79.4 Å². The normalized spacial score (nSPS) is 10.9. The average molecular weight is 542 g/mol. The Morgan fingerprint density at radius 1 is 1.00 bits per heavy atom. The molecule has 0 bridgehead atoms. The number of pyridine rings is 3. The van der Waals surface area contributed by atoms with Crippen LogP contribution in [0.1, 0.15) is 34.2 Å². The number of ether oxygens (including phenoxy) is 1. The monoisotopic (exact) mass is 541 g/mol. The van der Waals surface area contributed by atoms with E-state index in [0.29, 0.717) is 53.8 Å². The Balaban J connectivity index is 1.53. The molecule has 0 aliphatic rings. The molecule has 4 aromatic heterocycles. The minimum absolute atomic E-state index is 0.194. The molecule has 5 aromatic rings. The van der Waals surface area contributed by atoms with Crippen molar-refractivity contribution in [3.63, 3.8) is 0 Å². The molecule has 198 valence electrons. The van der Waals surface area contributed by atoms with Gasteiger partial charge in [-0.25, -0.2) is 9.67 Å². The number of amides is 1. The molecule has 10 heteroatoms. The number of aryl methyl sites for hydroxylation is 1. The number of aromatic nitrogens is 5. The maximum absolute atomic E-state index is 14.2. The molecule has 5 rings (SSSR count). The average Bonchev–Trinajstić information content (AvgIpc) is 3.40. The fraction of sp³-hybridized carbons (Fsp3) is 0.207. The van der Waals surface area contributed by atoms with Gasteiger partial charge in [0, 0.05) is 31.7 Å². The first-order chi connectivity index (χ1) is 19.1. The van der Waals surface area contributed by atoms with Crippen LogP contribution < -0.4 is 10.1 Å². The fourth-order valence-corrected chi connectivity index (χ4v) is 4.65. The molecule has 1 N–H and O–H groups in total. The molecule has 0 fully saturated rings. The molecule has 39 heavy (non-hydrogen) atoms. The number of halogens is 1. The van der Waals surface area contributed by atoms with Crippen molar-refractivity contribution >= 4 is 34.2 Å². The second-order valence-corrected chi connectivity index (χ2v) is 9.28. The highest BCUT2D eigenvalue weighted by Crippen LogP contribution is 2.30. The van der Waals surface area contributed by atoms with Gasteiger partial charge in [-0.15, -0.1) is 0 Å². The Labute approximate surface area is 231 Å². The maximum atomic E-state index is 14.2. The lowest BCUT2D eigenvalue weighted by molar-refractivity contribution is 0.0726. The van der Waals surface area contributed by atoms with Crippen LogP contribution in [-0.2, 0) is 26.2 Å². The van der Waals surface area contributed by atoms with Gasteiger partial charge in [-0.1, -0.05) is 29.8 Å². The summed E-state index contributed by atoms with van der Waals surface area (Å²) in [5, 5.41) is 9.22. The molecule has 1 aromatic carbocycles. The second-order valence-electron chi connectivity index (χ2n) is 8.87. The smallest absolute Gasteiger partial charge is 0.258 e. The van der Waals surface area contributed by atoms with Crippen molar-refractivity contribution in [1.29, 1.82) is 0 Å². The van der Waals surface area contributed by atoms with Crippen LogP contribution in [0.5, 0.6) is 5.75 Å². The minimum atomic E-state index is -0.194. The SMILES string of the molecule is CCn1ncc2c(NCc3ccc(OC)c(Cl)c3)c(C(=O)N(Cc3ccccn3)Cc3ccccn3)cnc21. The quantitative estimate of drug-likeness (QED) is 0.254. The molecule has 0 saturated heterocycles. The molecule has 0 radical (unpaired) electrons. The van der Waals surface area contributed by atoms with Crippen LogP contribution in [0.4, 0.5) is 5.69 Å². The maximum Gasteiger partial charge on any atom is 0.258 e. The molecular weight excluding hydrogens is 514 g/mol. The molecular formula is C29H28ClN7O2. The largest absolute Gasteiger partial charge is 0.495 e. The van der Waals surface area contributed by atoms with Gasteiger partial charge in [0.05, 0.1) is 59.4 Å². The Bertz CT molecular complexity index is 1530. The van der Waals surface area contributed by atoms with E-state index in [9.17, 15) is 4.79 Å². The molecule has 9 nitrogen and oxygen atoms in total. The van der Waals surface area contributed by atoms with Crippen LogP contribution in [0, 0.1) is 0 Å². The van der Waals surface area contributed by atoms with Crippen LogP contribution in [0.25, 0.3) is 11.0 Å². The first-order valence-corrected chi connectivity index (χ1v) is 12.9. The van der Waals surface area contributed by atoms with E-state index in [0.717, 1.165) is 22.3 Å². The van der Waals surface area contributed by atoms with Crippen molar-refractivity contribution in [2.24, 2.45) is 0 Å². The Hall–Kier alpha value is -4.50. The number of carbonyl (C=O) groups excluding carboxylic acids is 1. The van der Waals surface area contributed by atoms with Gasteiger partial charge in [-0.2, -0.15) is 5.10 Å². The summed E-state index contributed by atoms with van der Waals surface area (Å²) in [6, 6.07) is 16.9. The summed E-state index contributed by atoms with van der Waals surface area (Å²) in [5.41, 5.74) is 4.28. The standard InChI is InChI=1S/C29H28ClN7O2/c1-3-37-28-23(17-35-37)27(33-15-20-10-11-26(39-2)25(30)14-20)24(16-34-28)29(38)36(18-21-8-4-6-12-31-21)19-22-9-5-7-13-32-22/h4-14,16-17H,3,15,18-19H2,1-2H3,(H,33,34). The number of methoxy groups -OCH3 is 1. The number of benzene rings is 1. The van der Waals surface area contributed by atoms with Gasteiger partial charge in [-0.3, -0.25) is 14.8 Å². The van der Waals surface area contributed by atoms with Crippen molar-refractivity contribution in [2.75, 3.05) is 12.4 Å². The number of hydrogen-bond donors (Lipinski definition) is 1. The van der Waals surface area contributed by atoms with Crippen molar-refractivity contribution in [3.8, 4) is 5.75 Å². The number of nitrogens with one attached hydrogen (secondary N) is 1. The summed E-state index contributed by atoms with van der Waals surface area (Å²) in [4.78, 5) is 29.4. The molecule has 0 unspecified atom stereocenters. The summed E-state index contributed by atoms with van der Waals surface area (Å²) >= 11 is 6.36. The van der Waals surface area contributed by atoms with Crippen molar-refractivity contribution < 1.29 is 9.53 Å². The van der Waals surface area contributed by atoms with E-state index in [1.54, 1.807) is 41.5 Å². The summed E-state index contributed by atoms with van der Waals surface area (Å²) in [6.45, 7) is 3.72. The topological polar surface area (TPSA) is 98.1 Å². The van der Waals surface area contributed by atoms with Crippen LogP contribution >= 0.6 is 11.6 Å². The number of anilines is 1. The number of nitrogens with zero attached hydrogens (tertiary/aromatic N) is 6. The molecule has 0 spiro atoms. The van der Waals surface area contributed by atoms with Gasteiger partial charge >= 0.3 is 0 Å². The van der Waals surface area contributed by atoms with Gasteiger partial charge < -0.3 is 15.0 Å². The number of rotatable bonds is 10. The zero-order valence-electron chi connectivity index (χ0n) is 21.7. The molecule has 1 amide bonds. The lowest BCUT2D eigenvalue weighted by atomic mass is 10.1. The highest BCUT2D eigenvalue weighted by atomic mass is 35.5. The van der Waals surface area contributed by atoms with E-state index in [1.165, 1.54) is 0 Å². The first kappa shape index (κ1) is 26.1. The van der Waals surface area contributed by atoms with Crippen LogP contribution in [0.2, 0.25) is 5.02 Å². The van der Waals surface area contributed by atoms with Gasteiger partial charge in [0.1, 0.15) is 5.75 Å². The summed E-state index contributed by atoms with van der Waals surface area (Å²) in [6.07, 6.45) is 6.80. The molecule has 0 saturated carbocycles. The van der Waals surface area contributed by atoms with Gasteiger partial charge in [0.2, 0.25) is 0 Å². The minimum Gasteiger partial charge on any atom is -0.495 e. The highest BCUT2D eigenvalue weighted by molar-refractivity contribution is 6.32. The third kappa shape index (κ3) is 5.83. The van der Waals surface area contributed by atoms with E-state index >= 15 is 0 Å². The van der Waals surface area contributed by atoms with Crippen molar-refractivity contribution in [2.45, 2.75) is 33.1 Å².